The van der Waals surface area contributed by atoms with Crippen LogP contribution in [0.3, 0.4) is 0 Å². The quantitative estimate of drug-likeness (QED) is 0.340. The van der Waals surface area contributed by atoms with Gasteiger partial charge in [-0.15, -0.1) is 0 Å². The van der Waals surface area contributed by atoms with Gasteiger partial charge in [0.2, 0.25) is 5.91 Å². The van der Waals surface area contributed by atoms with Gasteiger partial charge in [0, 0.05) is 6.54 Å². The van der Waals surface area contributed by atoms with Crippen LogP contribution in [0.15, 0.2) is 29.2 Å². The number of carbonyl (C=O) groups is 1. The Kier molecular flexibility index (Phi) is 13.5. The minimum Gasteiger partial charge on any atom is -0.377 e. The number of hydrogen-bond donors (Lipinski definition) is 1. The Hall–Kier alpha value is -0.921. The monoisotopic (exact) mass is 471 g/mol. The van der Waals surface area contributed by atoms with E-state index in [1.807, 2.05) is 39.0 Å². The molecule has 3 rings (SSSR count). The third-order valence-corrected chi connectivity index (χ3v) is 5.11. The molecule has 2 saturated carbocycles. The molecule has 160 valence electrons. The van der Waals surface area contributed by atoms with Crippen LogP contribution in [-0.2, 0) is 40.9 Å². The second kappa shape index (κ2) is 15.0. The molecule has 1 aromatic carbocycles. The first-order chi connectivity index (χ1) is 14.0. The largest absolute Gasteiger partial charge is 2.00 e. The number of amides is 1. The fourth-order valence-electron chi connectivity index (χ4n) is 2.26. The molecule has 0 spiro atoms. The third kappa shape index (κ3) is 10.4. The van der Waals surface area contributed by atoms with Gasteiger partial charge in [0.1, 0.15) is 0 Å². The van der Waals surface area contributed by atoms with Crippen molar-refractivity contribution in [2.45, 2.75) is 11.8 Å². The molecule has 10 radical (unpaired) electrons. The molecule has 2 fully saturated rings. The smallest absolute Gasteiger partial charge is 0.377 e. The number of ether oxygens (including phenoxy) is 1. The Balaban J connectivity index is 0.000000655. The zero-order valence-electron chi connectivity index (χ0n) is 16.6. The van der Waals surface area contributed by atoms with Gasteiger partial charge < -0.3 is 10.1 Å². The summed E-state index contributed by atoms with van der Waals surface area (Å²) in [5.74, 6) is 0.435. The second-order valence-corrected chi connectivity index (χ2v) is 7.71. The molecule has 2 aliphatic carbocycles. The van der Waals surface area contributed by atoms with Crippen molar-refractivity contribution in [2.75, 3.05) is 26.4 Å². The predicted octanol–water partition coefficient (Wildman–Crippen LogP) is 2.26. The predicted molar refractivity (Wildman–Crippen MR) is 110 cm³/mol. The van der Waals surface area contributed by atoms with Crippen LogP contribution in [0.1, 0.15) is 5.56 Å². The van der Waals surface area contributed by atoms with Gasteiger partial charge in [-0.25, -0.2) is 0 Å². The van der Waals surface area contributed by atoms with Crippen LogP contribution < -0.4 is 5.32 Å². The average molecular weight is 471 g/mol. The van der Waals surface area contributed by atoms with E-state index in [0.717, 1.165) is 5.56 Å². The van der Waals surface area contributed by atoms with E-state index in [1.54, 1.807) is 37.8 Å². The summed E-state index contributed by atoms with van der Waals surface area (Å²) < 4.78 is 34.0. The van der Waals surface area contributed by atoms with Gasteiger partial charge in [0.05, 0.1) is 30.6 Å². The van der Waals surface area contributed by atoms with Crippen molar-refractivity contribution in [3.05, 3.63) is 93.5 Å². The zero-order chi connectivity index (χ0) is 21.0. The number of aryl methyl sites for hydroxylation is 1. The van der Waals surface area contributed by atoms with Crippen LogP contribution in [0.25, 0.3) is 0 Å². The standard InChI is InChI=1S/C17H20NO5S.C5H5.Fe/c1-14-6-8-16(9-7-14)24(20,21)23-13-12-22-11-10-18-17(19)15-4-2-3-5-15;1-2-4-5-3-1;/h2-9H,10-13H2,1H3,(H,18,19);1-5H;/q;;+2. The van der Waals surface area contributed by atoms with Gasteiger partial charge in [-0.1, -0.05) is 17.7 Å². The van der Waals surface area contributed by atoms with Crippen molar-refractivity contribution in [1.82, 2.24) is 5.32 Å². The number of hydrogen-bond acceptors (Lipinski definition) is 5. The van der Waals surface area contributed by atoms with Gasteiger partial charge in [-0.3, -0.25) is 8.98 Å². The first kappa shape index (κ1) is 27.1. The normalized spacial score (nSPS) is 16.4. The van der Waals surface area contributed by atoms with E-state index < -0.39 is 10.1 Å². The van der Waals surface area contributed by atoms with Crippen LogP contribution in [0.2, 0.25) is 0 Å². The molecule has 1 N–H and O–H groups in total. The van der Waals surface area contributed by atoms with E-state index >= 15 is 0 Å². The fraction of sp³-hybridized carbons (Fsp3) is 0.227. The number of carbonyl (C=O) groups excluding carboxylic acids is 1. The Labute approximate surface area is 192 Å². The van der Waals surface area contributed by atoms with Crippen molar-refractivity contribution in [1.29, 1.82) is 0 Å². The van der Waals surface area contributed by atoms with E-state index in [9.17, 15) is 13.2 Å². The topological polar surface area (TPSA) is 81.7 Å². The average Bonchev–Trinajstić information content (AvgIpc) is 3.43. The van der Waals surface area contributed by atoms with Crippen LogP contribution in [0.4, 0.5) is 0 Å². The molecular weight excluding hydrogens is 446 g/mol. The molecule has 0 aliphatic heterocycles. The summed E-state index contributed by atoms with van der Waals surface area (Å²) in [7, 11) is -3.76. The molecule has 0 unspecified atom stereocenters. The molecule has 0 heterocycles. The van der Waals surface area contributed by atoms with Gasteiger partial charge in [-0.05, 0) is 76.8 Å². The first-order valence-electron chi connectivity index (χ1n) is 9.19. The van der Waals surface area contributed by atoms with E-state index in [2.05, 4.69) is 5.32 Å². The molecule has 0 saturated heterocycles. The minimum atomic E-state index is -3.76. The van der Waals surface area contributed by atoms with Gasteiger partial charge in [-0.2, -0.15) is 8.42 Å². The Morgan fingerprint density at radius 1 is 0.867 bits per heavy atom. The molecule has 6 nitrogen and oxygen atoms in total. The fourth-order valence-corrected chi connectivity index (χ4v) is 3.16. The molecule has 0 bridgehead atoms. The third-order valence-electron chi connectivity index (χ3n) is 3.79. The molecule has 2 aliphatic rings. The zero-order valence-corrected chi connectivity index (χ0v) is 18.6. The summed E-state index contributed by atoms with van der Waals surface area (Å²) in [4.78, 5) is 11.8. The van der Waals surface area contributed by atoms with E-state index in [0.29, 0.717) is 12.5 Å². The van der Waals surface area contributed by atoms with Crippen LogP contribution in [-0.4, -0.2) is 40.7 Å². The van der Waals surface area contributed by atoms with Crippen molar-refractivity contribution < 1.29 is 39.2 Å². The number of benzene rings is 1. The molecule has 1 amide bonds. The van der Waals surface area contributed by atoms with Gasteiger partial charge in [0.15, 0.2) is 0 Å². The van der Waals surface area contributed by atoms with Crippen LogP contribution in [0, 0.1) is 70.6 Å². The Bertz CT molecular complexity index is 691. The number of rotatable bonds is 9. The molecule has 0 aromatic heterocycles. The van der Waals surface area contributed by atoms with Gasteiger partial charge >= 0.3 is 17.1 Å². The summed E-state index contributed by atoms with van der Waals surface area (Å²) >= 11 is 0. The van der Waals surface area contributed by atoms with Crippen molar-refractivity contribution >= 4 is 16.0 Å². The molecular formula is C22H25FeNO5S+2. The maximum absolute atomic E-state index is 11.9. The Morgan fingerprint density at radius 3 is 2.00 bits per heavy atom. The maximum atomic E-state index is 11.9. The summed E-state index contributed by atoms with van der Waals surface area (Å²) in [5, 5.41) is 2.70. The van der Waals surface area contributed by atoms with Gasteiger partial charge in [0.25, 0.3) is 10.1 Å². The van der Waals surface area contributed by atoms with Crippen molar-refractivity contribution in [3.8, 4) is 0 Å². The number of nitrogens with one attached hydrogen (secondary N) is 1. The summed E-state index contributed by atoms with van der Waals surface area (Å²) in [6.45, 7) is 2.54. The van der Waals surface area contributed by atoms with E-state index in [1.165, 1.54) is 12.1 Å². The van der Waals surface area contributed by atoms with Crippen molar-refractivity contribution in [2.24, 2.45) is 0 Å². The molecule has 30 heavy (non-hydrogen) atoms. The summed E-state index contributed by atoms with van der Waals surface area (Å²) in [5.41, 5.74) is 0.973. The van der Waals surface area contributed by atoms with Crippen molar-refractivity contribution in [3.63, 3.8) is 0 Å². The maximum Gasteiger partial charge on any atom is 2.00 e. The first-order valence-corrected chi connectivity index (χ1v) is 10.6. The van der Waals surface area contributed by atoms with E-state index in [-0.39, 0.29) is 47.7 Å². The van der Waals surface area contributed by atoms with Crippen LogP contribution >= 0.6 is 0 Å². The van der Waals surface area contributed by atoms with Crippen LogP contribution in [0.5, 0.6) is 0 Å². The summed E-state index contributed by atoms with van der Waals surface area (Å²) in [6.07, 6.45) is 17.0. The Morgan fingerprint density at radius 2 is 1.43 bits per heavy atom. The van der Waals surface area contributed by atoms with E-state index in [4.69, 9.17) is 8.92 Å². The minimum absolute atomic E-state index is 0. The summed E-state index contributed by atoms with van der Waals surface area (Å²) in [6, 6.07) is 6.43. The second-order valence-electron chi connectivity index (χ2n) is 6.09. The molecule has 8 heteroatoms. The molecule has 0 atom stereocenters. The SMILES string of the molecule is Cc1ccc(S(=O)(=O)OCCOCCNC(=O)[C]2[CH][CH][CH][CH]2)cc1.[CH]1[CH][CH][CH][CH]1.[Fe+2]. The molecule has 1 aromatic rings.